The van der Waals surface area contributed by atoms with E-state index in [2.05, 4.69) is 25.8 Å². The Bertz CT molecular complexity index is 1540. The molecule has 1 aliphatic rings. The van der Waals surface area contributed by atoms with Crippen LogP contribution in [0.3, 0.4) is 0 Å². The number of carbonyl (C=O) groups excluding carboxylic acids is 2. The minimum absolute atomic E-state index is 0.0504. The molecule has 0 saturated heterocycles. The summed E-state index contributed by atoms with van der Waals surface area (Å²) in [4.78, 5) is 29.8. The summed E-state index contributed by atoms with van der Waals surface area (Å²) in [5.41, 5.74) is 0.940. The number of aromatic nitrogens is 1. The highest BCUT2D eigenvalue weighted by Gasteiger charge is 2.30. The van der Waals surface area contributed by atoms with Gasteiger partial charge in [-0.25, -0.2) is 9.88 Å². The van der Waals surface area contributed by atoms with E-state index >= 15 is 0 Å². The number of aliphatic hydroxyl groups is 1. The number of amides is 3. The molecule has 1 heterocycles. The summed E-state index contributed by atoms with van der Waals surface area (Å²) >= 11 is 11.1. The predicted molar refractivity (Wildman–Crippen MR) is 160 cm³/mol. The monoisotopic (exact) mass is 621 g/mol. The van der Waals surface area contributed by atoms with Crippen LogP contribution in [0.5, 0.6) is 17.2 Å². The molecule has 2 atom stereocenters. The molecule has 4 rings (SSSR count). The summed E-state index contributed by atoms with van der Waals surface area (Å²) in [5, 5.41) is 20.5. The molecule has 3 amide bonds. The maximum absolute atomic E-state index is 13.4. The molecule has 218 valence electrons. The summed E-state index contributed by atoms with van der Waals surface area (Å²) in [6.07, 6.45) is 3.10. The van der Waals surface area contributed by atoms with Gasteiger partial charge in [-0.3, -0.25) is 19.4 Å². The second-order valence-electron chi connectivity index (χ2n) is 9.28. The van der Waals surface area contributed by atoms with Crippen molar-refractivity contribution < 1.29 is 33.5 Å². The zero-order valence-corrected chi connectivity index (χ0v) is 24.9. The van der Waals surface area contributed by atoms with Gasteiger partial charge in [0.2, 0.25) is 0 Å². The molecule has 12 nitrogen and oxygen atoms in total. The van der Waals surface area contributed by atoms with Gasteiger partial charge in [0.25, 0.3) is 13.4 Å². The molecule has 1 aliphatic carbocycles. The van der Waals surface area contributed by atoms with Crippen LogP contribution >= 0.6 is 31.3 Å². The van der Waals surface area contributed by atoms with Crippen molar-refractivity contribution in [2.45, 2.75) is 31.8 Å². The molecule has 0 aliphatic heterocycles. The number of hydrogen-bond acceptors (Lipinski definition) is 8. The van der Waals surface area contributed by atoms with Gasteiger partial charge in [0.15, 0.2) is 5.05 Å². The number of pyridine rings is 1. The fraction of sp³-hybridized carbons (Fsp3) is 0.308. The Morgan fingerprint density at radius 3 is 2.59 bits per heavy atom. The van der Waals surface area contributed by atoms with Gasteiger partial charge >= 0.3 is 6.03 Å². The zero-order valence-electron chi connectivity index (χ0n) is 22.4. The molecular weight excluding hydrogens is 593 g/mol. The minimum Gasteiger partial charge on any atom is -0.501 e. The molecule has 1 fully saturated rings. The Labute approximate surface area is 246 Å². The lowest BCUT2D eigenvalue weighted by Crippen LogP contribution is -2.38. The van der Waals surface area contributed by atoms with Crippen LogP contribution in [0.2, 0.25) is 5.02 Å². The van der Waals surface area contributed by atoms with Gasteiger partial charge in [-0.05, 0) is 56.2 Å². The van der Waals surface area contributed by atoms with Crippen molar-refractivity contribution in [1.82, 2.24) is 20.5 Å². The first-order valence-corrected chi connectivity index (χ1v) is 15.1. The topological polar surface area (TPSA) is 160 Å². The van der Waals surface area contributed by atoms with E-state index in [1.807, 2.05) is 0 Å². The molecule has 3 aromatic rings. The third-order valence-electron chi connectivity index (χ3n) is 5.96. The zero-order chi connectivity index (χ0) is 29.7. The van der Waals surface area contributed by atoms with Crippen LogP contribution in [0.4, 0.5) is 10.5 Å². The molecule has 2 aromatic carbocycles. The van der Waals surface area contributed by atoms with Gasteiger partial charge in [-0.1, -0.05) is 11.6 Å². The average Bonchev–Trinajstić information content (AvgIpc) is 3.73. The number of nitrogens with one attached hydrogen (secondary N) is 4. The summed E-state index contributed by atoms with van der Waals surface area (Å²) in [6.45, 7) is 1.50. The van der Waals surface area contributed by atoms with Crippen molar-refractivity contribution in [2.75, 3.05) is 25.9 Å². The maximum Gasteiger partial charge on any atom is 0.319 e. The number of halogens is 1. The fourth-order valence-corrected chi connectivity index (χ4v) is 5.95. The summed E-state index contributed by atoms with van der Waals surface area (Å²) in [7, 11) is -0.990. The molecule has 1 saturated carbocycles. The first kappa shape index (κ1) is 30.5. The summed E-state index contributed by atoms with van der Waals surface area (Å²) in [6, 6.07) is 8.50. The van der Waals surface area contributed by atoms with E-state index in [9.17, 15) is 19.3 Å². The van der Waals surface area contributed by atoms with Gasteiger partial charge in [-0.2, -0.15) is 0 Å². The SMILES string of the molecule is COCP(=O)(NC(=O)c1cc2c(Oc3ccc(NC(=O)NC4CC4)c(Cl)c3)ccnc2cc1OC)NC(C)C(O)=S. The van der Waals surface area contributed by atoms with Crippen LogP contribution in [-0.4, -0.2) is 59.7 Å². The largest absolute Gasteiger partial charge is 0.501 e. The number of benzene rings is 2. The number of hydrogen-bond donors (Lipinski definition) is 5. The van der Waals surface area contributed by atoms with Crippen molar-refractivity contribution in [3.8, 4) is 17.2 Å². The van der Waals surface area contributed by atoms with E-state index in [1.165, 1.54) is 33.4 Å². The quantitative estimate of drug-likeness (QED) is 0.131. The van der Waals surface area contributed by atoms with Crippen LogP contribution in [0.15, 0.2) is 42.6 Å². The Balaban J connectivity index is 1.60. The first-order valence-electron chi connectivity index (χ1n) is 12.4. The van der Waals surface area contributed by atoms with Crippen molar-refractivity contribution in [1.29, 1.82) is 0 Å². The Hall–Kier alpha value is -3.48. The van der Waals surface area contributed by atoms with E-state index in [1.54, 1.807) is 30.3 Å². The van der Waals surface area contributed by atoms with Crippen molar-refractivity contribution in [3.05, 3.63) is 53.2 Å². The van der Waals surface area contributed by atoms with Crippen LogP contribution < -0.4 is 30.3 Å². The van der Waals surface area contributed by atoms with Crippen LogP contribution in [0.1, 0.15) is 30.1 Å². The highest BCUT2D eigenvalue weighted by Crippen LogP contribution is 2.39. The molecular formula is C26H29ClN5O7PS. The number of rotatable bonds is 12. The second-order valence-corrected chi connectivity index (χ2v) is 12.3. The number of carbonyl (C=O) groups is 2. The Kier molecular flexibility index (Phi) is 9.67. The fourth-order valence-electron chi connectivity index (χ4n) is 3.82. The lowest BCUT2D eigenvalue weighted by molar-refractivity contribution is 0.0975. The maximum atomic E-state index is 13.4. The molecule has 2 unspecified atom stereocenters. The van der Waals surface area contributed by atoms with Gasteiger partial charge in [-0.15, -0.1) is 0 Å². The van der Waals surface area contributed by atoms with E-state index in [0.717, 1.165) is 12.8 Å². The number of anilines is 1. The number of nitrogens with zero attached hydrogens (tertiary/aromatic N) is 1. The van der Waals surface area contributed by atoms with Crippen LogP contribution in [0, 0.1) is 0 Å². The number of thiocarbonyl (C=S) groups is 1. The predicted octanol–water partition coefficient (Wildman–Crippen LogP) is 5.36. The van der Waals surface area contributed by atoms with Gasteiger partial charge in [0.05, 0.1) is 34.9 Å². The smallest absolute Gasteiger partial charge is 0.319 e. The van der Waals surface area contributed by atoms with Crippen molar-refractivity contribution >= 4 is 64.8 Å². The number of ether oxygens (including phenoxy) is 3. The van der Waals surface area contributed by atoms with E-state index in [0.29, 0.717) is 28.1 Å². The van der Waals surface area contributed by atoms with E-state index < -0.39 is 24.4 Å². The number of urea groups is 1. The van der Waals surface area contributed by atoms with Crippen molar-refractivity contribution in [2.24, 2.45) is 0 Å². The lowest BCUT2D eigenvalue weighted by atomic mass is 10.1. The molecule has 0 bridgehead atoms. The van der Waals surface area contributed by atoms with E-state index in [-0.39, 0.29) is 34.8 Å². The highest BCUT2D eigenvalue weighted by atomic mass is 35.5. The number of methoxy groups -OCH3 is 2. The van der Waals surface area contributed by atoms with Crippen LogP contribution in [0.25, 0.3) is 10.9 Å². The minimum atomic E-state index is -3.70. The molecule has 5 N–H and O–H groups in total. The lowest BCUT2D eigenvalue weighted by Gasteiger charge is -2.23. The third kappa shape index (κ3) is 7.84. The first-order chi connectivity index (χ1) is 19.5. The number of aliphatic hydroxyl groups excluding tert-OH is 1. The summed E-state index contributed by atoms with van der Waals surface area (Å²) < 4.78 is 29.9. The Morgan fingerprint density at radius 2 is 1.95 bits per heavy atom. The molecule has 41 heavy (non-hydrogen) atoms. The van der Waals surface area contributed by atoms with Crippen LogP contribution in [-0.2, 0) is 9.30 Å². The van der Waals surface area contributed by atoms with E-state index in [4.69, 9.17) is 38.0 Å². The molecule has 1 aromatic heterocycles. The molecule has 15 heteroatoms. The number of fused-ring (bicyclic) bond motifs is 1. The molecule has 0 spiro atoms. The third-order valence-corrected chi connectivity index (χ3v) is 8.62. The normalized spacial score (nSPS) is 14.9. The summed E-state index contributed by atoms with van der Waals surface area (Å²) in [5.74, 6) is 0.176. The highest BCUT2D eigenvalue weighted by molar-refractivity contribution is 7.80. The Morgan fingerprint density at radius 1 is 1.20 bits per heavy atom. The van der Waals surface area contributed by atoms with Gasteiger partial charge < -0.3 is 30.0 Å². The average molecular weight is 622 g/mol. The van der Waals surface area contributed by atoms with Gasteiger partial charge in [0, 0.05) is 36.9 Å². The standard InChI is InChI=1S/C26H29ClN5O7PS/c1-14(25(34)41)31-40(36,13-37-2)32-24(33)18-11-17-21(12-23(18)38-3)28-9-8-22(17)39-16-6-7-20(19(27)10-16)30-26(35)29-15-4-5-15/h6-12,14-15H,4-5,13H2,1-3H3,(H,34,41)(H2,29,30,35)(H2,31,32,33,36). The van der Waals surface area contributed by atoms with Crippen molar-refractivity contribution in [3.63, 3.8) is 0 Å². The molecule has 0 radical (unpaired) electrons. The second kappa shape index (κ2) is 13.0. The van der Waals surface area contributed by atoms with Gasteiger partial charge in [0.1, 0.15) is 23.6 Å².